The fourth-order valence-corrected chi connectivity index (χ4v) is 5.05. The van der Waals surface area contributed by atoms with Crippen molar-refractivity contribution in [2.75, 3.05) is 26.2 Å². The highest BCUT2D eigenvalue weighted by molar-refractivity contribution is 5.94. The number of hydrogen-bond acceptors (Lipinski definition) is 3. The Morgan fingerprint density at radius 1 is 1.15 bits per heavy atom. The number of benzene rings is 1. The number of carbonyl (C=O) groups is 2. The minimum atomic E-state index is -0.478. The molecule has 1 aromatic carbocycles. The molecule has 146 valence electrons. The highest BCUT2D eigenvalue weighted by atomic mass is 19.1. The molecule has 0 aromatic heterocycles. The molecule has 2 heterocycles. The number of hydrogen-bond donors (Lipinski definition) is 2. The number of rotatable bonds is 3. The molecule has 0 radical (unpaired) electrons. The van der Waals surface area contributed by atoms with Crippen molar-refractivity contribution >= 4 is 11.8 Å². The molecule has 1 aromatic rings. The van der Waals surface area contributed by atoms with Gasteiger partial charge in [0.05, 0.1) is 11.0 Å². The maximum Gasteiger partial charge on any atom is 0.256 e. The lowest BCUT2D eigenvalue weighted by Gasteiger charge is -2.39. The summed E-state index contributed by atoms with van der Waals surface area (Å²) in [5, 5.41) is 6.69. The Morgan fingerprint density at radius 3 is 2.70 bits per heavy atom. The van der Waals surface area contributed by atoms with Crippen LogP contribution in [0.3, 0.4) is 0 Å². The average molecular weight is 373 g/mol. The van der Waals surface area contributed by atoms with Crippen LogP contribution in [0.2, 0.25) is 0 Å². The summed E-state index contributed by atoms with van der Waals surface area (Å²) in [6.07, 6.45) is 5.90. The highest BCUT2D eigenvalue weighted by Gasteiger charge is 2.50. The molecular formula is C21H28FN3O2. The molecule has 2 amide bonds. The number of likely N-dealkylation sites (tertiary alicyclic amines) is 1. The van der Waals surface area contributed by atoms with Crippen LogP contribution in [0.15, 0.2) is 24.3 Å². The third-order valence-electron chi connectivity index (χ3n) is 6.71. The van der Waals surface area contributed by atoms with E-state index < -0.39 is 5.82 Å². The van der Waals surface area contributed by atoms with Gasteiger partial charge in [-0.2, -0.15) is 0 Å². The van der Waals surface area contributed by atoms with Crippen molar-refractivity contribution in [3.05, 3.63) is 35.6 Å². The van der Waals surface area contributed by atoms with E-state index in [4.69, 9.17) is 0 Å². The van der Waals surface area contributed by atoms with E-state index in [9.17, 15) is 14.0 Å². The van der Waals surface area contributed by atoms with E-state index in [1.807, 2.05) is 0 Å². The number of piperidine rings is 1. The molecule has 1 saturated carbocycles. The first-order valence-electron chi connectivity index (χ1n) is 10.2. The molecule has 6 heteroatoms. The zero-order valence-electron chi connectivity index (χ0n) is 15.7. The van der Waals surface area contributed by atoms with E-state index >= 15 is 0 Å². The Kier molecular flexibility index (Phi) is 5.17. The van der Waals surface area contributed by atoms with Crippen LogP contribution in [-0.2, 0) is 4.79 Å². The molecule has 0 unspecified atom stereocenters. The lowest BCUT2D eigenvalue weighted by molar-refractivity contribution is -0.135. The SMILES string of the molecule is O=C(c1ccccc1F)N1CCC(NC(=O)[C@@]23CCCC[C@H]2CNC3)CC1. The van der Waals surface area contributed by atoms with Crippen molar-refractivity contribution in [2.45, 2.75) is 44.6 Å². The molecule has 0 bridgehead atoms. The van der Waals surface area contributed by atoms with Crippen molar-refractivity contribution in [2.24, 2.45) is 11.3 Å². The van der Waals surface area contributed by atoms with Crippen LogP contribution in [-0.4, -0.2) is 48.9 Å². The Bertz CT molecular complexity index is 717. The van der Waals surface area contributed by atoms with Crippen LogP contribution in [0.4, 0.5) is 4.39 Å². The summed E-state index contributed by atoms with van der Waals surface area (Å²) in [6.45, 7) is 2.83. The van der Waals surface area contributed by atoms with Crippen LogP contribution in [0.25, 0.3) is 0 Å². The normalized spacial score (nSPS) is 28.6. The van der Waals surface area contributed by atoms with E-state index in [-0.39, 0.29) is 28.8 Å². The van der Waals surface area contributed by atoms with Gasteiger partial charge in [-0.1, -0.05) is 25.0 Å². The van der Waals surface area contributed by atoms with Crippen molar-refractivity contribution in [3.8, 4) is 0 Å². The van der Waals surface area contributed by atoms with Crippen molar-refractivity contribution in [1.29, 1.82) is 0 Å². The number of nitrogens with zero attached hydrogens (tertiary/aromatic N) is 1. The highest BCUT2D eigenvalue weighted by Crippen LogP contribution is 2.44. The van der Waals surface area contributed by atoms with Gasteiger partial charge in [-0.3, -0.25) is 9.59 Å². The molecule has 2 atom stereocenters. The van der Waals surface area contributed by atoms with Gasteiger partial charge in [-0.15, -0.1) is 0 Å². The number of fused-ring (bicyclic) bond motifs is 1. The maximum absolute atomic E-state index is 13.9. The molecule has 2 N–H and O–H groups in total. The molecule has 3 fully saturated rings. The van der Waals surface area contributed by atoms with Gasteiger partial charge in [0.25, 0.3) is 5.91 Å². The predicted octanol–water partition coefficient (Wildman–Crippen LogP) is 2.33. The molecular weight excluding hydrogens is 345 g/mol. The van der Waals surface area contributed by atoms with E-state index in [0.717, 1.165) is 45.2 Å². The molecule has 2 aliphatic heterocycles. The number of amides is 2. The first-order valence-corrected chi connectivity index (χ1v) is 10.2. The minimum Gasteiger partial charge on any atom is -0.353 e. The first-order chi connectivity index (χ1) is 13.1. The summed E-state index contributed by atoms with van der Waals surface area (Å²) in [5.41, 5.74) is -0.112. The van der Waals surface area contributed by atoms with Crippen molar-refractivity contribution in [3.63, 3.8) is 0 Å². The quantitative estimate of drug-likeness (QED) is 0.855. The van der Waals surface area contributed by atoms with Gasteiger partial charge >= 0.3 is 0 Å². The van der Waals surface area contributed by atoms with Crippen LogP contribution >= 0.6 is 0 Å². The van der Waals surface area contributed by atoms with Gasteiger partial charge in [-0.05, 0) is 50.3 Å². The van der Waals surface area contributed by atoms with Gasteiger partial charge in [0.2, 0.25) is 5.91 Å². The summed E-state index contributed by atoms with van der Waals surface area (Å²) in [6, 6.07) is 6.21. The summed E-state index contributed by atoms with van der Waals surface area (Å²) >= 11 is 0. The van der Waals surface area contributed by atoms with Crippen LogP contribution in [0, 0.1) is 17.2 Å². The van der Waals surface area contributed by atoms with Gasteiger partial charge < -0.3 is 15.5 Å². The third kappa shape index (κ3) is 3.47. The second-order valence-electron chi connectivity index (χ2n) is 8.25. The minimum absolute atomic E-state index is 0.0970. The predicted molar refractivity (Wildman–Crippen MR) is 101 cm³/mol. The Labute approximate surface area is 159 Å². The van der Waals surface area contributed by atoms with E-state index in [0.29, 0.717) is 19.0 Å². The van der Waals surface area contributed by atoms with Gasteiger partial charge in [0.15, 0.2) is 0 Å². The summed E-state index contributed by atoms with van der Waals surface area (Å²) in [7, 11) is 0. The molecule has 0 spiro atoms. The van der Waals surface area contributed by atoms with E-state index in [2.05, 4.69) is 10.6 Å². The lowest BCUT2D eigenvalue weighted by atomic mass is 9.67. The molecule has 1 aliphatic carbocycles. The summed E-state index contributed by atoms with van der Waals surface area (Å²) in [5.74, 6) is -0.0945. The van der Waals surface area contributed by atoms with Gasteiger partial charge in [0.1, 0.15) is 5.82 Å². The first kappa shape index (κ1) is 18.4. The third-order valence-corrected chi connectivity index (χ3v) is 6.71. The monoisotopic (exact) mass is 373 g/mol. The van der Waals surface area contributed by atoms with Crippen LogP contribution in [0.5, 0.6) is 0 Å². The van der Waals surface area contributed by atoms with Crippen LogP contribution in [0.1, 0.15) is 48.9 Å². The van der Waals surface area contributed by atoms with Crippen LogP contribution < -0.4 is 10.6 Å². The molecule has 2 saturated heterocycles. The van der Waals surface area contributed by atoms with Crippen molar-refractivity contribution in [1.82, 2.24) is 15.5 Å². The molecule has 27 heavy (non-hydrogen) atoms. The fraction of sp³-hybridized carbons (Fsp3) is 0.619. The number of halogens is 1. The zero-order chi connectivity index (χ0) is 18.9. The van der Waals surface area contributed by atoms with Gasteiger partial charge in [-0.25, -0.2) is 4.39 Å². The summed E-state index contributed by atoms with van der Waals surface area (Å²) < 4.78 is 13.9. The number of carbonyl (C=O) groups excluding carboxylic acids is 2. The molecule has 4 rings (SSSR count). The average Bonchev–Trinajstić information content (AvgIpc) is 3.14. The van der Waals surface area contributed by atoms with Crippen molar-refractivity contribution < 1.29 is 14.0 Å². The topological polar surface area (TPSA) is 61.4 Å². The smallest absolute Gasteiger partial charge is 0.256 e. The van der Waals surface area contributed by atoms with Gasteiger partial charge in [0, 0.05) is 25.7 Å². The Hall–Kier alpha value is -1.95. The fourth-order valence-electron chi connectivity index (χ4n) is 5.05. The molecule has 3 aliphatic rings. The summed E-state index contributed by atoms with van der Waals surface area (Å²) in [4.78, 5) is 27.3. The Balaban J connectivity index is 1.34. The largest absolute Gasteiger partial charge is 0.353 e. The maximum atomic E-state index is 13.9. The second-order valence-corrected chi connectivity index (χ2v) is 8.25. The Morgan fingerprint density at radius 2 is 1.93 bits per heavy atom. The van der Waals surface area contributed by atoms with E-state index in [1.54, 1.807) is 17.0 Å². The van der Waals surface area contributed by atoms with E-state index in [1.165, 1.54) is 18.6 Å². The zero-order valence-corrected chi connectivity index (χ0v) is 15.7. The number of nitrogens with one attached hydrogen (secondary N) is 2. The second kappa shape index (κ2) is 7.58. The lowest BCUT2D eigenvalue weighted by Crippen LogP contribution is -2.53. The standard InChI is InChI=1S/C21H28FN3O2/c22-18-7-2-1-6-17(18)19(26)25-11-8-16(9-12-25)24-20(27)21-10-4-3-5-15(21)13-23-14-21/h1-2,6-7,15-16,23H,3-5,8-14H2,(H,24,27)/t15-,21+/m0/s1. The molecule has 5 nitrogen and oxygen atoms in total.